The van der Waals surface area contributed by atoms with Crippen molar-refractivity contribution in [3.05, 3.63) is 71.9 Å². The lowest BCUT2D eigenvalue weighted by Gasteiger charge is -2.05. The van der Waals surface area contributed by atoms with Gasteiger partial charge in [0.25, 0.3) is 0 Å². The summed E-state index contributed by atoms with van der Waals surface area (Å²) in [5, 5.41) is 9.70. The number of aromatic nitrogens is 1. The van der Waals surface area contributed by atoms with Crippen LogP contribution >= 0.6 is 0 Å². The summed E-state index contributed by atoms with van der Waals surface area (Å²) in [6.07, 6.45) is 0. The minimum absolute atomic E-state index is 0.743. The van der Waals surface area contributed by atoms with Crippen molar-refractivity contribution in [2.75, 3.05) is 0 Å². The van der Waals surface area contributed by atoms with Gasteiger partial charge in [-0.1, -0.05) is 60.7 Å². The van der Waals surface area contributed by atoms with Crippen LogP contribution in [0.4, 0.5) is 0 Å². The van der Waals surface area contributed by atoms with E-state index >= 15 is 0 Å². The first-order chi connectivity index (χ1) is 10.2. The van der Waals surface area contributed by atoms with Crippen LogP contribution in [-0.4, -0.2) is 4.57 Å². The summed E-state index contributed by atoms with van der Waals surface area (Å²) in [6.45, 7) is 2.07. The smallest absolute Gasteiger partial charge is 0.102 e. The highest BCUT2D eigenvalue weighted by Gasteiger charge is 2.20. The minimum atomic E-state index is 0.743. The van der Waals surface area contributed by atoms with Crippen LogP contribution in [0.2, 0.25) is 0 Å². The third-order valence-electron chi connectivity index (χ3n) is 3.91. The third-order valence-corrected chi connectivity index (χ3v) is 3.91. The molecular formula is C19H16N2. The van der Waals surface area contributed by atoms with Crippen molar-refractivity contribution in [3.63, 3.8) is 0 Å². The van der Waals surface area contributed by atoms with Gasteiger partial charge in [0.15, 0.2) is 0 Å². The van der Waals surface area contributed by atoms with Crippen LogP contribution in [0.15, 0.2) is 60.7 Å². The molecule has 3 rings (SSSR count). The number of hydrogen-bond donors (Lipinski definition) is 0. The quantitative estimate of drug-likeness (QED) is 0.673. The molecule has 21 heavy (non-hydrogen) atoms. The topological polar surface area (TPSA) is 28.7 Å². The highest BCUT2D eigenvalue weighted by Crippen LogP contribution is 2.36. The van der Waals surface area contributed by atoms with E-state index in [-0.39, 0.29) is 0 Å². The number of nitriles is 1. The number of benzene rings is 2. The summed E-state index contributed by atoms with van der Waals surface area (Å²) >= 11 is 0. The van der Waals surface area contributed by atoms with E-state index < -0.39 is 0 Å². The van der Waals surface area contributed by atoms with Crippen molar-refractivity contribution in [3.8, 4) is 28.5 Å². The van der Waals surface area contributed by atoms with Crippen molar-refractivity contribution in [2.24, 2.45) is 7.05 Å². The van der Waals surface area contributed by atoms with Crippen molar-refractivity contribution >= 4 is 0 Å². The van der Waals surface area contributed by atoms with Crippen molar-refractivity contribution < 1.29 is 0 Å². The van der Waals surface area contributed by atoms with E-state index in [1.54, 1.807) is 0 Å². The fourth-order valence-electron chi connectivity index (χ4n) is 2.80. The third kappa shape index (κ3) is 2.13. The van der Waals surface area contributed by atoms with Crippen LogP contribution in [0.1, 0.15) is 11.3 Å². The maximum atomic E-state index is 9.70. The molecule has 0 unspecified atom stereocenters. The van der Waals surface area contributed by atoms with E-state index in [9.17, 15) is 5.26 Å². The standard InChI is InChI=1S/C19H16N2/c1-14-18(15-9-5-3-6-10-15)17(13-20)19(21(14)2)16-11-7-4-8-12-16/h3-12H,1-2H3. The van der Waals surface area contributed by atoms with Gasteiger partial charge in [-0.25, -0.2) is 0 Å². The molecule has 0 saturated carbocycles. The molecule has 2 aromatic carbocycles. The first kappa shape index (κ1) is 13.2. The van der Waals surface area contributed by atoms with Crippen molar-refractivity contribution in [2.45, 2.75) is 6.92 Å². The van der Waals surface area contributed by atoms with Gasteiger partial charge in [0, 0.05) is 18.3 Å². The zero-order chi connectivity index (χ0) is 14.8. The number of hydrogen-bond acceptors (Lipinski definition) is 1. The van der Waals surface area contributed by atoms with Gasteiger partial charge >= 0.3 is 0 Å². The predicted molar refractivity (Wildman–Crippen MR) is 85.7 cm³/mol. The normalized spacial score (nSPS) is 10.3. The maximum Gasteiger partial charge on any atom is 0.102 e. The molecule has 0 spiro atoms. The lowest BCUT2D eigenvalue weighted by molar-refractivity contribution is 0.891. The molecule has 0 atom stereocenters. The molecule has 2 heteroatoms. The highest BCUT2D eigenvalue weighted by molar-refractivity contribution is 5.83. The summed E-state index contributed by atoms with van der Waals surface area (Å²) in [5.74, 6) is 0. The van der Waals surface area contributed by atoms with Gasteiger partial charge in [-0.2, -0.15) is 5.26 Å². The predicted octanol–water partition coefficient (Wildman–Crippen LogP) is 4.54. The molecule has 1 aromatic heterocycles. The second-order valence-corrected chi connectivity index (χ2v) is 5.09. The molecule has 0 amide bonds. The SMILES string of the molecule is Cc1c(-c2ccccc2)c(C#N)c(-c2ccccc2)n1C. The van der Waals surface area contributed by atoms with Gasteiger partial charge in [-0.05, 0) is 18.1 Å². The van der Waals surface area contributed by atoms with Crippen molar-refractivity contribution in [1.29, 1.82) is 5.26 Å². The Labute approximate surface area is 124 Å². The van der Waals surface area contributed by atoms with Gasteiger partial charge in [0.05, 0.1) is 11.3 Å². The molecule has 0 fully saturated rings. The second kappa shape index (κ2) is 5.30. The molecule has 3 aromatic rings. The Hall–Kier alpha value is -2.79. The van der Waals surface area contributed by atoms with Crippen LogP contribution in [0.25, 0.3) is 22.4 Å². The number of rotatable bonds is 2. The first-order valence-corrected chi connectivity index (χ1v) is 6.94. The van der Waals surface area contributed by atoms with E-state index in [1.807, 2.05) is 55.6 Å². The summed E-state index contributed by atoms with van der Waals surface area (Å²) in [4.78, 5) is 0. The molecular weight excluding hydrogens is 256 g/mol. The average Bonchev–Trinajstić information content (AvgIpc) is 2.80. The molecule has 0 aliphatic heterocycles. The molecule has 1 heterocycles. The van der Waals surface area contributed by atoms with E-state index in [1.165, 1.54) is 0 Å². The molecule has 0 saturated heterocycles. The van der Waals surface area contributed by atoms with E-state index in [0.717, 1.165) is 33.6 Å². The van der Waals surface area contributed by atoms with Gasteiger partial charge in [-0.15, -0.1) is 0 Å². The van der Waals surface area contributed by atoms with Crippen LogP contribution in [0.3, 0.4) is 0 Å². The van der Waals surface area contributed by atoms with Crippen LogP contribution in [0.5, 0.6) is 0 Å². The first-order valence-electron chi connectivity index (χ1n) is 6.94. The van der Waals surface area contributed by atoms with Crippen LogP contribution in [-0.2, 0) is 7.05 Å². The molecule has 0 radical (unpaired) electrons. The summed E-state index contributed by atoms with van der Waals surface area (Å²) in [7, 11) is 2.02. The monoisotopic (exact) mass is 272 g/mol. The lowest BCUT2D eigenvalue weighted by Crippen LogP contribution is -1.94. The summed E-state index contributed by atoms with van der Waals surface area (Å²) in [5.41, 5.74) is 6.02. The van der Waals surface area contributed by atoms with Gasteiger partial charge in [0.2, 0.25) is 0 Å². The van der Waals surface area contributed by atoms with Crippen molar-refractivity contribution in [1.82, 2.24) is 4.57 Å². The Bertz CT molecular complexity index is 743. The van der Waals surface area contributed by atoms with Gasteiger partial charge < -0.3 is 4.57 Å². The minimum Gasteiger partial charge on any atom is -0.346 e. The summed E-state index contributed by atoms with van der Waals surface area (Å²) < 4.78 is 2.11. The van der Waals surface area contributed by atoms with E-state index in [4.69, 9.17) is 0 Å². The Morgan fingerprint density at radius 3 is 1.90 bits per heavy atom. The van der Waals surface area contributed by atoms with E-state index in [2.05, 4.69) is 29.7 Å². The molecule has 0 N–H and O–H groups in total. The second-order valence-electron chi connectivity index (χ2n) is 5.09. The highest BCUT2D eigenvalue weighted by atomic mass is 15.0. The molecule has 2 nitrogen and oxygen atoms in total. The van der Waals surface area contributed by atoms with Crippen LogP contribution in [0, 0.1) is 18.3 Å². The summed E-state index contributed by atoms with van der Waals surface area (Å²) in [6, 6.07) is 22.6. The fraction of sp³-hybridized carbons (Fsp3) is 0.105. The van der Waals surface area contributed by atoms with E-state index in [0.29, 0.717) is 0 Å². The Balaban J connectivity index is 2.32. The molecule has 0 bridgehead atoms. The zero-order valence-electron chi connectivity index (χ0n) is 12.2. The fourth-order valence-corrected chi connectivity index (χ4v) is 2.80. The van der Waals surface area contributed by atoms with Gasteiger partial charge in [-0.3, -0.25) is 0 Å². The molecule has 0 aliphatic carbocycles. The maximum absolute atomic E-state index is 9.70. The van der Waals surface area contributed by atoms with Gasteiger partial charge in [0.1, 0.15) is 6.07 Å². The zero-order valence-corrected chi connectivity index (χ0v) is 12.2. The Morgan fingerprint density at radius 1 is 0.857 bits per heavy atom. The Morgan fingerprint density at radius 2 is 1.38 bits per heavy atom. The molecule has 102 valence electrons. The average molecular weight is 272 g/mol. The largest absolute Gasteiger partial charge is 0.346 e. The molecule has 0 aliphatic rings. The van der Waals surface area contributed by atoms with Crippen LogP contribution < -0.4 is 0 Å². The Kier molecular flexibility index (Phi) is 3.33. The lowest BCUT2D eigenvalue weighted by atomic mass is 9.99. The number of nitrogens with zero attached hydrogens (tertiary/aromatic N) is 2.